The van der Waals surface area contributed by atoms with Gasteiger partial charge in [-0.3, -0.25) is 4.90 Å². The second-order valence-corrected chi connectivity index (χ2v) is 5.23. The van der Waals surface area contributed by atoms with Gasteiger partial charge in [0.25, 0.3) is 0 Å². The first-order chi connectivity index (χ1) is 8.13. The van der Waals surface area contributed by atoms with Gasteiger partial charge in [0.1, 0.15) is 0 Å². The van der Waals surface area contributed by atoms with Crippen molar-refractivity contribution in [2.45, 2.75) is 31.8 Å². The van der Waals surface area contributed by atoms with Gasteiger partial charge in [-0.15, -0.1) is 5.10 Å². The maximum absolute atomic E-state index is 10.7. The van der Waals surface area contributed by atoms with Crippen molar-refractivity contribution in [3.63, 3.8) is 0 Å². The molecule has 0 unspecified atom stereocenters. The number of hydrogen-bond acceptors (Lipinski definition) is 4. The summed E-state index contributed by atoms with van der Waals surface area (Å²) in [7, 11) is 0. The molecule has 3 rings (SSSR count). The standard InChI is InChI=1S/C11H16N4O2/c1-7-2-8(3-7)14-4-9(5-14)15-6-10(11(16)17)12-13-15/h6-9H,2-5H2,1H3,(H,16,17). The first-order valence-electron chi connectivity index (χ1n) is 6.02. The van der Waals surface area contributed by atoms with E-state index in [0.717, 1.165) is 25.0 Å². The van der Waals surface area contributed by atoms with Crippen LogP contribution in [0.3, 0.4) is 0 Å². The van der Waals surface area contributed by atoms with Gasteiger partial charge in [0.05, 0.1) is 12.2 Å². The number of aromatic nitrogens is 3. The van der Waals surface area contributed by atoms with Gasteiger partial charge in [0.15, 0.2) is 5.69 Å². The van der Waals surface area contributed by atoms with Crippen LogP contribution in [0.5, 0.6) is 0 Å². The predicted octanol–water partition coefficient (Wildman–Crippen LogP) is 0.632. The normalized spacial score (nSPS) is 29.7. The van der Waals surface area contributed by atoms with E-state index >= 15 is 0 Å². The van der Waals surface area contributed by atoms with Gasteiger partial charge in [-0.1, -0.05) is 12.1 Å². The van der Waals surface area contributed by atoms with E-state index in [1.54, 1.807) is 4.68 Å². The summed E-state index contributed by atoms with van der Waals surface area (Å²) in [5.74, 6) is -0.149. The molecule has 0 radical (unpaired) electrons. The summed E-state index contributed by atoms with van der Waals surface area (Å²) >= 11 is 0. The van der Waals surface area contributed by atoms with Gasteiger partial charge < -0.3 is 5.11 Å². The number of hydrogen-bond donors (Lipinski definition) is 1. The highest BCUT2D eigenvalue weighted by Crippen LogP contribution is 2.36. The molecule has 1 saturated heterocycles. The van der Waals surface area contributed by atoms with Crippen LogP contribution in [0.25, 0.3) is 0 Å². The minimum Gasteiger partial charge on any atom is -0.476 e. The van der Waals surface area contributed by atoms with Crippen LogP contribution in [0.15, 0.2) is 6.20 Å². The second-order valence-electron chi connectivity index (χ2n) is 5.23. The van der Waals surface area contributed by atoms with Gasteiger partial charge >= 0.3 is 5.97 Å². The smallest absolute Gasteiger partial charge is 0.358 e. The summed E-state index contributed by atoms with van der Waals surface area (Å²) in [4.78, 5) is 13.1. The SMILES string of the molecule is CC1CC(N2CC(n3cc(C(=O)O)nn3)C2)C1. The van der Waals surface area contributed by atoms with E-state index < -0.39 is 5.97 Å². The van der Waals surface area contributed by atoms with Crippen molar-refractivity contribution in [3.05, 3.63) is 11.9 Å². The third-order valence-electron chi connectivity index (χ3n) is 3.86. The molecule has 0 spiro atoms. The lowest BCUT2D eigenvalue weighted by Gasteiger charge is -2.49. The summed E-state index contributed by atoms with van der Waals surface area (Å²) in [6.07, 6.45) is 4.11. The zero-order valence-corrected chi connectivity index (χ0v) is 9.78. The summed E-state index contributed by atoms with van der Waals surface area (Å²) in [5.41, 5.74) is 0.0284. The van der Waals surface area contributed by atoms with Gasteiger partial charge in [0.2, 0.25) is 0 Å². The fraction of sp³-hybridized carbons (Fsp3) is 0.727. The van der Waals surface area contributed by atoms with Crippen LogP contribution in [-0.4, -0.2) is 50.1 Å². The Balaban J connectivity index is 1.56. The number of carboxylic acids is 1. The molecule has 1 aliphatic carbocycles. The minimum absolute atomic E-state index is 0.0284. The summed E-state index contributed by atoms with van der Waals surface area (Å²) < 4.78 is 1.68. The van der Waals surface area contributed by atoms with Crippen molar-refractivity contribution >= 4 is 5.97 Å². The number of likely N-dealkylation sites (tertiary alicyclic amines) is 1. The monoisotopic (exact) mass is 236 g/mol. The van der Waals surface area contributed by atoms with E-state index in [0.29, 0.717) is 6.04 Å². The molecule has 0 aromatic carbocycles. The Morgan fingerprint density at radius 1 is 1.41 bits per heavy atom. The lowest BCUT2D eigenvalue weighted by Crippen LogP contribution is -2.56. The molecule has 2 heterocycles. The van der Waals surface area contributed by atoms with Crippen molar-refractivity contribution in [1.82, 2.24) is 19.9 Å². The van der Waals surface area contributed by atoms with E-state index in [2.05, 4.69) is 22.1 Å². The van der Waals surface area contributed by atoms with Crippen LogP contribution in [0.1, 0.15) is 36.3 Å². The van der Waals surface area contributed by atoms with E-state index in [4.69, 9.17) is 5.11 Å². The average Bonchev–Trinajstić information content (AvgIpc) is 2.61. The van der Waals surface area contributed by atoms with Gasteiger partial charge in [0, 0.05) is 19.1 Å². The van der Waals surface area contributed by atoms with Gasteiger partial charge in [-0.05, 0) is 18.8 Å². The maximum Gasteiger partial charge on any atom is 0.358 e. The molecule has 0 amide bonds. The van der Waals surface area contributed by atoms with Crippen LogP contribution in [0.4, 0.5) is 0 Å². The summed E-state index contributed by atoms with van der Waals surface area (Å²) in [6.45, 7) is 4.23. The highest BCUT2D eigenvalue weighted by atomic mass is 16.4. The summed E-state index contributed by atoms with van der Waals surface area (Å²) in [6, 6.07) is 1.04. The molecule has 0 atom stereocenters. The fourth-order valence-electron chi connectivity index (χ4n) is 2.66. The number of nitrogens with zero attached hydrogens (tertiary/aromatic N) is 4. The first kappa shape index (κ1) is 10.7. The van der Waals surface area contributed by atoms with Crippen molar-refractivity contribution in [2.24, 2.45) is 5.92 Å². The van der Waals surface area contributed by atoms with Crippen LogP contribution in [-0.2, 0) is 0 Å². The number of carboxylic acid groups (broad SMARTS) is 1. The molecule has 1 aliphatic heterocycles. The molecule has 1 N–H and O–H groups in total. The molecule has 2 aliphatic rings. The highest BCUT2D eigenvalue weighted by Gasteiger charge is 2.39. The number of aromatic carboxylic acids is 1. The minimum atomic E-state index is -1.01. The largest absolute Gasteiger partial charge is 0.476 e. The molecular formula is C11H16N4O2. The van der Waals surface area contributed by atoms with Gasteiger partial charge in [-0.25, -0.2) is 9.48 Å². The Morgan fingerprint density at radius 3 is 2.65 bits per heavy atom. The van der Waals surface area contributed by atoms with Crippen molar-refractivity contribution < 1.29 is 9.90 Å². The fourth-order valence-corrected chi connectivity index (χ4v) is 2.66. The Bertz CT molecular complexity index is 432. The van der Waals surface area contributed by atoms with Gasteiger partial charge in [-0.2, -0.15) is 0 Å². The van der Waals surface area contributed by atoms with Crippen LogP contribution in [0.2, 0.25) is 0 Å². The van der Waals surface area contributed by atoms with Crippen LogP contribution < -0.4 is 0 Å². The first-order valence-corrected chi connectivity index (χ1v) is 6.02. The molecule has 6 heteroatoms. The third kappa shape index (κ3) is 1.82. The van der Waals surface area contributed by atoms with E-state index in [1.165, 1.54) is 19.0 Å². The maximum atomic E-state index is 10.7. The zero-order chi connectivity index (χ0) is 12.0. The van der Waals surface area contributed by atoms with E-state index in [1.807, 2.05) is 0 Å². The predicted molar refractivity (Wildman–Crippen MR) is 59.8 cm³/mol. The quantitative estimate of drug-likeness (QED) is 0.833. The summed E-state index contributed by atoms with van der Waals surface area (Å²) in [5, 5.41) is 16.3. The van der Waals surface area contributed by atoms with Crippen LogP contribution in [0, 0.1) is 5.92 Å². The highest BCUT2D eigenvalue weighted by molar-refractivity contribution is 5.84. The second kappa shape index (κ2) is 3.80. The molecule has 92 valence electrons. The lowest BCUT2D eigenvalue weighted by atomic mass is 9.79. The molecule has 6 nitrogen and oxygen atoms in total. The molecular weight excluding hydrogens is 220 g/mol. The molecule has 1 aromatic heterocycles. The topological polar surface area (TPSA) is 71.2 Å². The van der Waals surface area contributed by atoms with E-state index in [9.17, 15) is 4.79 Å². The Kier molecular flexibility index (Phi) is 2.39. The molecule has 1 saturated carbocycles. The Labute approximate surface area is 99.2 Å². The Hall–Kier alpha value is -1.43. The zero-order valence-electron chi connectivity index (χ0n) is 9.78. The average molecular weight is 236 g/mol. The van der Waals surface area contributed by atoms with E-state index in [-0.39, 0.29) is 5.69 Å². The number of carbonyl (C=O) groups is 1. The third-order valence-corrected chi connectivity index (χ3v) is 3.86. The van der Waals surface area contributed by atoms with Crippen molar-refractivity contribution in [1.29, 1.82) is 0 Å². The van der Waals surface area contributed by atoms with Crippen molar-refractivity contribution in [3.8, 4) is 0 Å². The molecule has 2 fully saturated rings. The molecule has 0 bridgehead atoms. The van der Waals surface area contributed by atoms with Crippen LogP contribution >= 0.6 is 0 Å². The number of rotatable bonds is 3. The molecule has 1 aromatic rings. The Morgan fingerprint density at radius 2 is 2.12 bits per heavy atom. The van der Waals surface area contributed by atoms with Crippen molar-refractivity contribution in [2.75, 3.05) is 13.1 Å². The lowest BCUT2D eigenvalue weighted by molar-refractivity contribution is -0.00365. The molecule has 17 heavy (non-hydrogen) atoms.